The van der Waals surface area contributed by atoms with Gasteiger partial charge in [-0.3, -0.25) is 4.79 Å². The fourth-order valence-corrected chi connectivity index (χ4v) is 5.33. The van der Waals surface area contributed by atoms with Crippen LogP contribution in [-0.4, -0.2) is 35.8 Å². The van der Waals surface area contributed by atoms with Gasteiger partial charge in [0.05, 0.1) is 25.8 Å². The molecule has 7 heteroatoms. The molecule has 0 spiro atoms. The number of carboxylic acid groups (broad SMARTS) is 1. The van der Waals surface area contributed by atoms with Crippen LogP contribution in [0.4, 0.5) is 0 Å². The van der Waals surface area contributed by atoms with Gasteiger partial charge < -0.3 is 24.5 Å². The lowest BCUT2D eigenvalue weighted by Gasteiger charge is -2.17. The van der Waals surface area contributed by atoms with E-state index in [2.05, 4.69) is 23.7 Å². The summed E-state index contributed by atoms with van der Waals surface area (Å²) in [4.78, 5) is 24.9. The zero-order valence-electron chi connectivity index (χ0n) is 24.4. The lowest BCUT2D eigenvalue weighted by molar-refractivity contribution is 0.0697. The quantitative estimate of drug-likeness (QED) is 0.199. The Morgan fingerprint density at radius 1 is 0.881 bits per heavy atom. The van der Waals surface area contributed by atoms with Gasteiger partial charge in [0.1, 0.15) is 11.5 Å². The van der Waals surface area contributed by atoms with Crippen LogP contribution in [0.3, 0.4) is 0 Å². The van der Waals surface area contributed by atoms with Crippen LogP contribution < -0.4 is 14.8 Å². The van der Waals surface area contributed by atoms with Crippen LogP contribution in [0.1, 0.15) is 56.1 Å². The number of fused-ring (bicyclic) bond motifs is 1. The molecule has 1 unspecified atom stereocenters. The molecule has 1 atom stereocenters. The average molecular weight is 563 g/mol. The number of hydrogen-bond donors (Lipinski definition) is 2. The van der Waals surface area contributed by atoms with Gasteiger partial charge in [-0.25, -0.2) is 4.79 Å². The zero-order valence-corrected chi connectivity index (χ0v) is 24.4. The number of rotatable bonds is 9. The number of carboxylic acids is 1. The maximum Gasteiger partial charge on any atom is 0.336 e. The van der Waals surface area contributed by atoms with Gasteiger partial charge in [-0.05, 0) is 85.0 Å². The number of benzene rings is 4. The van der Waals surface area contributed by atoms with E-state index in [4.69, 9.17) is 9.47 Å². The van der Waals surface area contributed by atoms with E-state index in [1.807, 2.05) is 73.7 Å². The van der Waals surface area contributed by atoms with Gasteiger partial charge in [-0.2, -0.15) is 0 Å². The van der Waals surface area contributed by atoms with Crippen LogP contribution in [0.2, 0.25) is 0 Å². The zero-order chi connectivity index (χ0) is 30.0. The van der Waals surface area contributed by atoms with Gasteiger partial charge in [0.25, 0.3) is 5.91 Å². The molecule has 0 radical (unpaired) electrons. The highest BCUT2D eigenvalue weighted by Gasteiger charge is 2.18. The largest absolute Gasteiger partial charge is 0.497 e. The Bertz CT molecular complexity index is 1760. The van der Waals surface area contributed by atoms with Crippen LogP contribution in [0, 0.1) is 13.8 Å². The Balaban J connectivity index is 1.37. The third-order valence-electron chi connectivity index (χ3n) is 7.89. The minimum Gasteiger partial charge on any atom is -0.497 e. The SMILES string of the molecule is COc1cc(OC)cc(C(C)NC(=O)c2ccc3c(c2)c(C)c(C)n3Cc2ccc(-c3ccccc3C(=O)O)cc2)c1. The number of carbonyl (C=O) groups excluding carboxylic acids is 1. The second kappa shape index (κ2) is 11.8. The van der Waals surface area contributed by atoms with Gasteiger partial charge in [-0.1, -0.05) is 42.5 Å². The van der Waals surface area contributed by atoms with E-state index in [1.54, 1.807) is 32.4 Å². The van der Waals surface area contributed by atoms with Gasteiger partial charge in [0, 0.05) is 34.8 Å². The molecule has 5 aromatic rings. The highest BCUT2D eigenvalue weighted by Crippen LogP contribution is 2.30. The first kappa shape index (κ1) is 28.5. The fourth-order valence-electron chi connectivity index (χ4n) is 5.33. The molecule has 42 heavy (non-hydrogen) atoms. The monoisotopic (exact) mass is 562 g/mol. The van der Waals surface area contributed by atoms with Gasteiger partial charge in [0.2, 0.25) is 0 Å². The first-order valence-electron chi connectivity index (χ1n) is 13.7. The first-order chi connectivity index (χ1) is 20.2. The van der Waals surface area contributed by atoms with Crippen molar-refractivity contribution in [1.29, 1.82) is 0 Å². The summed E-state index contributed by atoms with van der Waals surface area (Å²) < 4.78 is 13.0. The second-order valence-electron chi connectivity index (χ2n) is 10.4. The summed E-state index contributed by atoms with van der Waals surface area (Å²) in [5.74, 6) is 0.230. The predicted octanol–water partition coefficient (Wildman–Crippen LogP) is 7.18. The van der Waals surface area contributed by atoms with Crippen molar-refractivity contribution in [2.24, 2.45) is 0 Å². The van der Waals surface area contributed by atoms with E-state index in [9.17, 15) is 14.7 Å². The highest BCUT2D eigenvalue weighted by molar-refractivity contribution is 5.99. The number of hydrogen-bond acceptors (Lipinski definition) is 4. The molecule has 1 aromatic heterocycles. The summed E-state index contributed by atoms with van der Waals surface area (Å²) in [6.45, 7) is 6.75. The van der Waals surface area contributed by atoms with E-state index in [0.717, 1.165) is 38.9 Å². The Morgan fingerprint density at radius 2 is 1.55 bits per heavy atom. The Hall–Kier alpha value is -5.04. The Kier molecular flexibility index (Phi) is 8.02. The maximum absolute atomic E-state index is 13.3. The van der Waals surface area contributed by atoms with E-state index in [1.165, 1.54) is 0 Å². The van der Waals surface area contributed by atoms with Gasteiger partial charge in [0.15, 0.2) is 0 Å². The minimum absolute atomic E-state index is 0.159. The first-order valence-corrected chi connectivity index (χ1v) is 13.7. The molecule has 0 fully saturated rings. The molecular weight excluding hydrogens is 528 g/mol. The number of amides is 1. The van der Waals surface area contributed by atoms with Crippen LogP contribution in [0.5, 0.6) is 11.5 Å². The Morgan fingerprint density at radius 3 is 2.19 bits per heavy atom. The van der Waals surface area contributed by atoms with E-state index in [-0.39, 0.29) is 17.5 Å². The maximum atomic E-state index is 13.3. The number of aromatic carboxylic acids is 1. The van der Waals surface area contributed by atoms with Crippen molar-refractivity contribution >= 4 is 22.8 Å². The van der Waals surface area contributed by atoms with Crippen LogP contribution in [-0.2, 0) is 6.54 Å². The van der Waals surface area contributed by atoms with E-state index >= 15 is 0 Å². The molecule has 0 aliphatic rings. The van der Waals surface area contributed by atoms with Crippen molar-refractivity contribution in [2.45, 2.75) is 33.4 Å². The highest BCUT2D eigenvalue weighted by atomic mass is 16.5. The third-order valence-corrected chi connectivity index (χ3v) is 7.89. The number of carbonyl (C=O) groups is 2. The molecule has 7 nitrogen and oxygen atoms in total. The molecular formula is C35H34N2O5. The van der Waals surface area contributed by atoms with Crippen molar-refractivity contribution in [3.05, 3.63) is 118 Å². The summed E-state index contributed by atoms with van der Waals surface area (Å²) >= 11 is 0. The molecule has 214 valence electrons. The van der Waals surface area contributed by atoms with Gasteiger partial charge in [-0.15, -0.1) is 0 Å². The standard InChI is InChI=1S/C35H34N2O5/c1-21-23(3)37(20-24-10-12-25(13-11-24)30-8-6-7-9-31(30)35(39)40)33-15-14-26(18-32(21)33)34(38)36-22(2)27-16-28(41-4)19-29(17-27)42-5/h6-19,22H,20H2,1-5H3,(H,36,38)(H,39,40). The molecule has 0 bridgehead atoms. The fraction of sp³-hybridized carbons (Fsp3) is 0.200. The third kappa shape index (κ3) is 5.59. The number of nitrogens with one attached hydrogen (secondary N) is 1. The lowest BCUT2D eigenvalue weighted by Crippen LogP contribution is -2.26. The molecule has 0 aliphatic heterocycles. The second-order valence-corrected chi connectivity index (χ2v) is 10.4. The average Bonchev–Trinajstić information content (AvgIpc) is 3.25. The van der Waals surface area contributed by atoms with Gasteiger partial charge >= 0.3 is 5.97 Å². The Labute approximate surface area is 245 Å². The van der Waals surface area contributed by atoms with Crippen LogP contribution in [0.25, 0.3) is 22.0 Å². The van der Waals surface area contributed by atoms with E-state index < -0.39 is 5.97 Å². The predicted molar refractivity (Wildman–Crippen MR) is 165 cm³/mol. The summed E-state index contributed by atoms with van der Waals surface area (Å²) in [6.07, 6.45) is 0. The summed E-state index contributed by atoms with van der Waals surface area (Å²) in [5, 5.41) is 13.7. The van der Waals surface area contributed by atoms with Crippen molar-refractivity contribution < 1.29 is 24.2 Å². The summed E-state index contributed by atoms with van der Waals surface area (Å²) in [7, 11) is 3.20. The number of nitrogens with zero attached hydrogens (tertiary/aromatic N) is 1. The minimum atomic E-state index is -0.942. The number of ether oxygens (including phenoxy) is 2. The molecule has 5 rings (SSSR count). The molecule has 1 amide bonds. The molecule has 2 N–H and O–H groups in total. The lowest BCUT2D eigenvalue weighted by atomic mass is 9.99. The van der Waals surface area contributed by atoms with Crippen molar-refractivity contribution in [3.63, 3.8) is 0 Å². The number of aromatic nitrogens is 1. The molecule has 0 saturated carbocycles. The van der Waals surface area contributed by atoms with Crippen LogP contribution in [0.15, 0.2) is 84.9 Å². The smallest absolute Gasteiger partial charge is 0.336 e. The molecule has 1 heterocycles. The van der Waals surface area contributed by atoms with Crippen molar-refractivity contribution in [3.8, 4) is 22.6 Å². The summed E-state index contributed by atoms with van der Waals surface area (Å²) in [6, 6.07) is 26.2. The van der Waals surface area contributed by atoms with Crippen molar-refractivity contribution in [2.75, 3.05) is 14.2 Å². The topological polar surface area (TPSA) is 89.8 Å². The molecule has 0 aliphatic carbocycles. The van der Waals surface area contributed by atoms with Crippen LogP contribution >= 0.6 is 0 Å². The summed E-state index contributed by atoms with van der Waals surface area (Å²) in [5.41, 5.74) is 7.70. The van der Waals surface area contributed by atoms with E-state index in [0.29, 0.717) is 29.2 Å². The number of aryl methyl sites for hydroxylation is 1. The molecule has 0 saturated heterocycles. The number of methoxy groups -OCH3 is 2. The normalized spacial score (nSPS) is 11.7. The molecule has 4 aromatic carbocycles. The van der Waals surface area contributed by atoms with Crippen molar-refractivity contribution in [1.82, 2.24) is 9.88 Å².